The molecule has 13 heavy (non-hydrogen) atoms. The van der Waals surface area contributed by atoms with Crippen LogP contribution in [0.25, 0.3) is 5.52 Å². The number of nitrogens with two attached hydrogens (primary N) is 1. The summed E-state index contributed by atoms with van der Waals surface area (Å²) in [6.07, 6.45) is 1.07. The molecule has 2 N–H and O–H groups in total. The lowest BCUT2D eigenvalue weighted by atomic mass is 10.5. The molecule has 0 spiro atoms. The van der Waals surface area contributed by atoms with Crippen molar-refractivity contribution in [3.63, 3.8) is 0 Å². The van der Waals surface area contributed by atoms with Gasteiger partial charge in [-0.1, -0.05) is 0 Å². The van der Waals surface area contributed by atoms with Gasteiger partial charge in [0.1, 0.15) is 15.9 Å². The second-order valence-corrected chi connectivity index (χ2v) is 3.35. The van der Waals surface area contributed by atoms with Gasteiger partial charge in [-0.15, -0.1) is 0 Å². The van der Waals surface area contributed by atoms with E-state index in [9.17, 15) is 4.39 Å². The zero-order valence-corrected chi connectivity index (χ0v) is 8.34. The summed E-state index contributed by atoms with van der Waals surface area (Å²) in [5, 5.41) is 0. The molecule has 0 bridgehead atoms. The van der Waals surface area contributed by atoms with Gasteiger partial charge in [-0.05, 0) is 22.9 Å². The van der Waals surface area contributed by atoms with E-state index in [1.807, 2.05) is 0 Å². The summed E-state index contributed by atoms with van der Waals surface area (Å²) >= 11 is 3.18. The zero-order chi connectivity index (χ0) is 9.59. The molecule has 0 saturated carbocycles. The van der Waals surface area contributed by atoms with E-state index in [1.165, 1.54) is 4.40 Å². The van der Waals surface area contributed by atoms with Crippen LogP contribution in [0, 0.1) is 12.9 Å². The molecule has 2 heterocycles. The Morgan fingerprint density at radius 1 is 1.62 bits per heavy atom. The van der Waals surface area contributed by atoms with Crippen LogP contribution in [-0.2, 0) is 0 Å². The first-order valence-electron chi connectivity index (χ1n) is 3.56. The van der Waals surface area contributed by atoms with Gasteiger partial charge in [0.25, 0.3) is 0 Å². The molecule has 0 saturated heterocycles. The minimum Gasteiger partial charge on any atom is -0.382 e. The first-order chi connectivity index (χ1) is 6.11. The Kier molecular flexibility index (Phi) is 1.73. The molecule has 2 aromatic rings. The quantitative estimate of drug-likeness (QED) is 0.765. The predicted octanol–water partition coefficient (Wildman–Crippen LogP) is 1.52. The van der Waals surface area contributed by atoms with Crippen molar-refractivity contribution in [2.75, 3.05) is 5.73 Å². The fourth-order valence-electron chi connectivity index (χ4n) is 1.22. The summed E-state index contributed by atoms with van der Waals surface area (Å²) in [5.74, 6) is 0.322. The van der Waals surface area contributed by atoms with E-state index in [4.69, 9.17) is 5.73 Å². The molecule has 0 aromatic carbocycles. The minimum absolute atomic E-state index is 0.258. The third-order valence-electron chi connectivity index (χ3n) is 1.77. The summed E-state index contributed by atoms with van der Waals surface area (Å²) in [4.78, 5) is 7.72. The number of aromatic nitrogens is 3. The van der Waals surface area contributed by atoms with Crippen molar-refractivity contribution in [3.05, 3.63) is 22.6 Å². The summed E-state index contributed by atoms with van der Waals surface area (Å²) in [6, 6.07) is 0. The number of hydrogen-bond donors (Lipinski definition) is 1. The second kappa shape index (κ2) is 2.66. The zero-order valence-electron chi connectivity index (χ0n) is 6.75. The van der Waals surface area contributed by atoms with Crippen molar-refractivity contribution < 1.29 is 4.39 Å². The third kappa shape index (κ3) is 1.09. The van der Waals surface area contributed by atoms with E-state index in [2.05, 4.69) is 25.9 Å². The molecule has 0 aliphatic carbocycles. The molecule has 0 fully saturated rings. The van der Waals surface area contributed by atoms with Gasteiger partial charge in [-0.3, -0.25) is 4.40 Å². The topological polar surface area (TPSA) is 56.2 Å². The van der Waals surface area contributed by atoms with Gasteiger partial charge in [0, 0.05) is 0 Å². The Morgan fingerprint density at radius 2 is 2.31 bits per heavy atom. The van der Waals surface area contributed by atoms with Crippen LogP contribution in [0.5, 0.6) is 0 Å². The highest BCUT2D eigenvalue weighted by atomic mass is 79.9. The van der Waals surface area contributed by atoms with Crippen LogP contribution in [0.15, 0.2) is 10.8 Å². The summed E-state index contributed by atoms with van der Waals surface area (Å²) in [6.45, 7) is 1.69. The van der Waals surface area contributed by atoms with Crippen molar-refractivity contribution in [1.82, 2.24) is 14.4 Å². The van der Waals surface area contributed by atoms with Crippen molar-refractivity contribution in [2.24, 2.45) is 0 Å². The first kappa shape index (κ1) is 8.43. The molecular weight excluding hydrogens is 239 g/mol. The highest BCUT2D eigenvalue weighted by molar-refractivity contribution is 9.10. The average Bonchev–Trinajstić information content (AvgIpc) is 2.36. The highest BCUT2D eigenvalue weighted by Crippen LogP contribution is 2.23. The molecule has 0 atom stereocenters. The summed E-state index contributed by atoms with van der Waals surface area (Å²) < 4.78 is 15.0. The molecular formula is C7H6BrFN4. The van der Waals surface area contributed by atoms with Gasteiger partial charge >= 0.3 is 0 Å². The SMILES string of the molecule is Cc1nc(Br)c2c(N)ncc(F)n12. The Balaban J connectivity index is 3.03. The predicted molar refractivity (Wildman–Crippen MR) is 49.8 cm³/mol. The molecule has 0 aliphatic heterocycles. The second-order valence-electron chi connectivity index (χ2n) is 2.60. The Hall–Kier alpha value is -1.17. The van der Waals surface area contributed by atoms with Crippen LogP contribution in [0.2, 0.25) is 0 Å². The van der Waals surface area contributed by atoms with Gasteiger partial charge in [-0.25, -0.2) is 9.97 Å². The van der Waals surface area contributed by atoms with E-state index in [-0.39, 0.29) is 5.82 Å². The van der Waals surface area contributed by atoms with Gasteiger partial charge in [0.15, 0.2) is 5.82 Å². The number of halogens is 2. The van der Waals surface area contributed by atoms with E-state index in [0.717, 1.165) is 6.20 Å². The van der Waals surface area contributed by atoms with Crippen LogP contribution in [0.3, 0.4) is 0 Å². The number of rotatable bonds is 0. The molecule has 2 rings (SSSR count). The van der Waals surface area contributed by atoms with Crippen molar-refractivity contribution in [3.8, 4) is 0 Å². The number of nitrogen functional groups attached to an aromatic ring is 1. The number of imidazole rings is 1. The Morgan fingerprint density at radius 3 is 2.92 bits per heavy atom. The number of anilines is 1. The first-order valence-corrected chi connectivity index (χ1v) is 4.35. The van der Waals surface area contributed by atoms with Crippen molar-refractivity contribution in [1.29, 1.82) is 0 Å². The van der Waals surface area contributed by atoms with Crippen LogP contribution < -0.4 is 5.73 Å². The van der Waals surface area contributed by atoms with E-state index in [1.54, 1.807) is 6.92 Å². The summed E-state index contributed by atoms with van der Waals surface area (Å²) in [5.41, 5.74) is 6.04. The number of aryl methyl sites for hydroxylation is 1. The average molecular weight is 245 g/mol. The van der Waals surface area contributed by atoms with Crippen molar-refractivity contribution >= 4 is 27.3 Å². The third-order valence-corrected chi connectivity index (χ3v) is 2.32. The lowest BCUT2D eigenvalue weighted by Crippen LogP contribution is -2.00. The van der Waals surface area contributed by atoms with Gasteiger partial charge in [0.2, 0.25) is 5.95 Å². The normalized spacial score (nSPS) is 11.0. The van der Waals surface area contributed by atoms with E-state index < -0.39 is 5.95 Å². The van der Waals surface area contributed by atoms with Crippen LogP contribution in [-0.4, -0.2) is 14.4 Å². The van der Waals surface area contributed by atoms with Gasteiger partial charge in [0.05, 0.1) is 6.20 Å². The fraction of sp³-hybridized carbons (Fsp3) is 0.143. The monoisotopic (exact) mass is 244 g/mol. The van der Waals surface area contributed by atoms with Gasteiger partial charge in [-0.2, -0.15) is 4.39 Å². The number of nitrogens with zero attached hydrogens (tertiary/aromatic N) is 3. The fourth-order valence-corrected chi connectivity index (χ4v) is 1.86. The summed E-state index contributed by atoms with van der Waals surface area (Å²) in [7, 11) is 0. The molecule has 0 amide bonds. The van der Waals surface area contributed by atoms with Gasteiger partial charge < -0.3 is 5.73 Å². The Labute approximate surface area is 81.7 Å². The molecule has 0 aliphatic rings. The number of hydrogen-bond acceptors (Lipinski definition) is 3. The van der Waals surface area contributed by atoms with Crippen molar-refractivity contribution in [2.45, 2.75) is 6.92 Å². The highest BCUT2D eigenvalue weighted by Gasteiger charge is 2.12. The maximum absolute atomic E-state index is 13.2. The molecule has 4 nitrogen and oxygen atoms in total. The molecule has 68 valence electrons. The number of fused-ring (bicyclic) bond motifs is 1. The van der Waals surface area contributed by atoms with Crippen LogP contribution in [0.1, 0.15) is 5.82 Å². The lowest BCUT2D eigenvalue weighted by molar-refractivity contribution is 0.556. The molecule has 0 radical (unpaired) electrons. The standard InChI is InChI=1S/C7H6BrFN4/c1-3-12-6(8)5-7(10)11-2-4(9)13(3)5/h2H,1H3,(H2,10,11). The van der Waals surface area contributed by atoms with E-state index >= 15 is 0 Å². The molecule has 0 unspecified atom stereocenters. The van der Waals surface area contributed by atoms with Crippen LogP contribution >= 0.6 is 15.9 Å². The van der Waals surface area contributed by atoms with E-state index in [0.29, 0.717) is 15.9 Å². The minimum atomic E-state index is -0.472. The smallest absolute Gasteiger partial charge is 0.218 e. The lowest BCUT2D eigenvalue weighted by Gasteiger charge is -1.99. The Bertz CT molecular complexity index is 437. The maximum atomic E-state index is 13.2. The molecule has 2 aromatic heterocycles. The largest absolute Gasteiger partial charge is 0.382 e. The maximum Gasteiger partial charge on any atom is 0.218 e. The molecule has 6 heteroatoms. The van der Waals surface area contributed by atoms with Crippen LogP contribution in [0.4, 0.5) is 10.2 Å².